The molecule has 3 N–H and O–H groups in total. The van der Waals surface area contributed by atoms with Crippen molar-refractivity contribution >= 4 is 0 Å². The molecular formula is C10H11F3N2O5. The largest absolute Gasteiger partial charge is 0.393 e. The summed E-state index contributed by atoms with van der Waals surface area (Å²) >= 11 is 0. The normalized spacial score (nSPS) is 33.8. The van der Waals surface area contributed by atoms with E-state index in [1.807, 2.05) is 4.98 Å². The highest BCUT2D eigenvalue weighted by atomic mass is 19.3. The van der Waals surface area contributed by atoms with Crippen LogP contribution in [0.3, 0.4) is 0 Å². The molecule has 1 saturated heterocycles. The molecule has 2 rings (SSSR count). The van der Waals surface area contributed by atoms with Gasteiger partial charge in [-0.05, 0) is 0 Å². The van der Waals surface area contributed by atoms with Gasteiger partial charge in [0, 0.05) is 12.3 Å². The second-order valence-corrected chi connectivity index (χ2v) is 4.33. The van der Waals surface area contributed by atoms with Gasteiger partial charge < -0.3 is 14.9 Å². The van der Waals surface area contributed by atoms with Crippen molar-refractivity contribution in [2.24, 2.45) is 0 Å². The molecule has 20 heavy (non-hydrogen) atoms. The first-order valence-corrected chi connectivity index (χ1v) is 5.54. The molecule has 0 aromatic carbocycles. The van der Waals surface area contributed by atoms with Crippen LogP contribution in [0.4, 0.5) is 13.2 Å². The average molecular weight is 296 g/mol. The van der Waals surface area contributed by atoms with Crippen LogP contribution in [0.2, 0.25) is 0 Å². The SMILES string of the molecule is O=c1ccn([C@@H]2O[C@@](CO)(C(F)F)C(F)[C@H]2O)c(=O)[nH]1. The molecule has 1 aliphatic heterocycles. The molecule has 0 bridgehead atoms. The van der Waals surface area contributed by atoms with E-state index in [9.17, 15) is 27.9 Å². The first kappa shape index (κ1) is 14.8. The summed E-state index contributed by atoms with van der Waals surface area (Å²) in [7, 11) is 0. The Bertz CT molecular complexity index is 603. The Labute approximate surface area is 109 Å². The second kappa shape index (κ2) is 5.04. The number of ether oxygens (including phenoxy) is 1. The topological polar surface area (TPSA) is 105 Å². The third-order valence-corrected chi connectivity index (χ3v) is 3.14. The van der Waals surface area contributed by atoms with E-state index in [4.69, 9.17) is 9.84 Å². The fraction of sp³-hybridized carbons (Fsp3) is 0.600. The van der Waals surface area contributed by atoms with Crippen molar-refractivity contribution in [3.8, 4) is 0 Å². The highest BCUT2D eigenvalue weighted by Gasteiger charge is 2.61. The van der Waals surface area contributed by atoms with Gasteiger partial charge in [0.05, 0.1) is 6.61 Å². The maximum atomic E-state index is 13.8. The Morgan fingerprint density at radius 1 is 1.50 bits per heavy atom. The van der Waals surface area contributed by atoms with Crippen molar-refractivity contribution < 1.29 is 28.1 Å². The molecule has 1 aliphatic rings. The maximum Gasteiger partial charge on any atom is 0.330 e. The number of nitrogens with one attached hydrogen (secondary N) is 1. The van der Waals surface area contributed by atoms with E-state index in [2.05, 4.69) is 0 Å². The van der Waals surface area contributed by atoms with Crippen molar-refractivity contribution in [1.29, 1.82) is 0 Å². The van der Waals surface area contributed by atoms with Crippen LogP contribution >= 0.6 is 0 Å². The van der Waals surface area contributed by atoms with E-state index in [1.54, 1.807) is 0 Å². The lowest BCUT2D eigenvalue weighted by molar-refractivity contribution is -0.186. The number of hydrogen-bond acceptors (Lipinski definition) is 5. The van der Waals surface area contributed by atoms with Gasteiger partial charge in [-0.3, -0.25) is 14.3 Å². The van der Waals surface area contributed by atoms with Crippen LogP contribution in [0.1, 0.15) is 6.23 Å². The van der Waals surface area contributed by atoms with Crippen molar-refractivity contribution in [1.82, 2.24) is 9.55 Å². The first-order chi connectivity index (χ1) is 9.33. The fourth-order valence-electron chi connectivity index (χ4n) is 2.01. The Morgan fingerprint density at radius 3 is 2.60 bits per heavy atom. The molecule has 1 unspecified atom stereocenters. The summed E-state index contributed by atoms with van der Waals surface area (Å²) in [5.74, 6) is 0. The zero-order valence-corrected chi connectivity index (χ0v) is 9.87. The summed E-state index contributed by atoms with van der Waals surface area (Å²) in [5.41, 5.74) is -4.73. The molecule has 1 aromatic rings. The van der Waals surface area contributed by atoms with E-state index in [1.165, 1.54) is 0 Å². The minimum Gasteiger partial charge on any atom is -0.393 e. The highest BCUT2D eigenvalue weighted by Crippen LogP contribution is 2.41. The quantitative estimate of drug-likeness (QED) is 0.647. The zero-order chi connectivity index (χ0) is 15.1. The van der Waals surface area contributed by atoms with E-state index in [0.29, 0.717) is 4.57 Å². The van der Waals surface area contributed by atoms with Gasteiger partial charge in [0.1, 0.15) is 6.10 Å². The van der Waals surface area contributed by atoms with Gasteiger partial charge in [0.25, 0.3) is 12.0 Å². The monoisotopic (exact) mass is 296 g/mol. The van der Waals surface area contributed by atoms with Crippen LogP contribution in [-0.4, -0.2) is 50.7 Å². The summed E-state index contributed by atoms with van der Waals surface area (Å²) in [6.07, 6.45) is -9.02. The molecule has 2 heterocycles. The lowest BCUT2D eigenvalue weighted by Crippen LogP contribution is -2.50. The van der Waals surface area contributed by atoms with Crippen LogP contribution < -0.4 is 11.2 Å². The molecule has 7 nitrogen and oxygen atoms in total. The predicted octanol–water partition coefficient (Wildman–Crippen LogP) is -1.24. The van der Waals surface area contributed by atoms with Crippen LogP contribution in [0.15, 0.2) is 21.9 Å². The molecular weight excluding hydrogens is 285 g/mol. The first-order valence-electron chi connectivity index (χ1n) is 5.54. The number of aliphatic hydroxyl groups excluding tert-OH is 2. The van der Waals surface area contributed by atoms with Crippen molar-refractivity contribution in [2.45, 2.75) is 30.5 Å². The van der Waals surface area contributed by atoms with Gasteiger partial charge in [-0.25, -0.2) is 18.0 Å². The Morgan fingerprint density at radius 2 is 2.15 bits per heavy atom. The van der Waals surface area contributed by atoms with Gasteiger partial charge in [-0.15, -0.1) is 0 Å². The third-order valence-electron chi connectivity index (χ3n) is 3.14. The predicted molar refractivity (Wildman–Crippen MR) is 58.2 cm³/mol. The minimum absolute atomic E-state index is 0.568. The Balaban J connectivity index is 2.45. The Kier molecular flexibility index (Phi) is 3.71. The Hall–Kier alpha value is -1.65. The minimum atomic E-state index is -3.42. The van der Waals surface area contributed by atoms with E-state index >= 15 is 0 Å². The van der Waals surface area contributed by atoms with Gasteiger partial charge in [0.15, 0.2) is 18.0 Å². The molecule has 1 aromatic heterocycles. The third kappa shape index (κ3) is 2.05. The van der Waals surface area contributed by atoms with E-state index < -0.39 is 48.4 Å². The average Bonchev–Trinajstić information content (AvgIpc) is 2.64. The summed E-state index contributed by atoms with van der Waals surface area (Å²) in [6.45, 7) is -1.38. The van der Waals surface area contributed by atoms with Crippen LogP contribution in [0, 0.1) is 0 Å². The highest BCUT2D eigenvalue weighted by molar-refractivity contribution is 5.03. The number of rotatable bonds is 3. The number of nitrogens with zero attached hydrogens (tertiary/aromatic N) is 1. The fourth-order valence-corrected chi connectivity index (χ4v) is 2.01. The zero-order valence-electron chi connectivity index (χ0n) is 9.87. The molecule has 0 saturated carbocycles. The van der Waals surface area contributed by atoms with Crippen LogP contribution in [0.25, 0.3) is 0 Å². The number of aromatic amines is 1. The van der Waals surface area contributed by atoms with Crippen molar-refractivity contribution in [3.05, 3.63) is 33.1 Å². The molecule has 0 amide bonds. The molecule has 0 aliphatic carbocycles. The van der Waals surface area contributed by atoms with E-state index in [0.717, 1.165) is 12.3 Å². The number of alkyl halides is 3. The lowest BCUT2D eigenvalue weighted by atomic mass is 9.98. The summed E-state index contributed by atoms with van der Waals surface area (Å²) in [6, 6.07) is 0.881. The van der Waals surface area contributed by atoms with Crippen molar-refractivity contribution in [3.63, 3.8) is 0 Å². The molecule has 0 spiro atoms. The summed E-state index contributed by atoms with van der Waals surface area (Å²) < 4.78 is 44.9. The van der Waals surface area contributed by atoms with E-state index in [-0.39, 0.29) is 0 Å². The van der Waals surface area contributed by atoms with Gasteiger partial charge >= 0.3 is 5.69 Å². The number of aromatic nitrogens is 2. The van der Waals surface area contributed by atoms with Gasteiger partial charge in [0.2, 0.25) is 0 Å². The summed E-state index contributed by atoms with van der Waals surface area (Å²) in [4.78, 5) is 24.2. The second-order valence-electron chi connectivity index (χ2n) is 4.33. The molecule has 4 atom stereocenters. The lowest BCUT2D eigenvalue weighted by Gasteiger charge is -2.27. The molecule has 10 heteroatoms. The maximum absolute atomic E-state index is 13.8. The number of halogens is 3. The van der Waals surface area contributed by atoms with Gasteiger partial charge in [-0.2, -0.15) is 0 Å². The van der Waals surface area contributed by atoms with Crippen LogP contribution in [0.5, 0.6) is 0 Å². The van der Waals surface area contributed by atoms with Crippen LogP contribution in [-0.2, 0) is 4.74 Å². The standard InChI is InChI=1S/C10H11F3N2O5/c11-6-5(18)7(20-10(6,3-16)8(12)13)15-2-1-4(17)14-9(15)19/h1-2,5-8,16,18H,3H2,(H,14,17,19)/t5-,6?,7-,10-/m1/s1. The number of H-pyrrole nitrogens is 1. The number of aliphatic hydroxyl groups is 2. The van der Waals surface area contributed by atoms with Gasteiger partial charge in [-0.1, -0.05) is 0 Å². The summed E-state index contributed by atoms with van der Waals surface area (Å²) in [5, 5.41) is 18.6. The molecule has 1 fully saturated rings. The van der Waals surface area contributed by atoms with Crippen molar-refractivity contribution in [2.75, 3.05) is 6.61 Å². The smallest absolute Gasteiger partial charge is 0.330 e. The number of hydrogen-bond donors (Lipinski definition) is 3. The molecule has 0 radical (unpaired) electrons. The molecule has 112 valence electrons.